The number of aliphatic carboxylic acids is 1. The van der Waals surface area contributed by atoms with Gasteiger partial charge in [-0.2, -0.15) is 0 Å². The van der Waals surface area contributed by atoms with Crippen molar-refractivity contribution in [2.24, 2.45) is 0 Å². The van der Waals surface area contributed by atoms with E-state index in [1.54, 1.807) is 0 Å². The van der Waals surface area contributed by atoms with Crippen LogP contribution in [0.3, 0.4) is 0 Å². The Morgan fingerprint density at radius 1 is 1.21 bits per heavy atom. The van der Waals surface area contributed by atoms with Crippen LogP contribution in [0.2, 0.25) is 0 Å². The number of nitrogens with one attached hydrogen (secondary N) is 1. The maximum Gasteiger partial charge on any atom is 0.305 e. The number of hydrogen-bond donors (Lipinski definition) is 2. The number of rotatable bonds is 7. The topological polar surface area (TPSA) is 75.6 Å². The highest BCUT2D eigenvalue weighted by atomic mass is 16.5. The molecule has 0 radical (unpaired) electrons. The molecule has 132 valence electrons. The third kappa shape index (κ3) is 4.81. The van der Waals surface area contributed by atoms with Crippen molar-refractivity contribution in [1.29, 1.82) is 0 Å². The van der Waals surface area contributed by atoms with E-state index in [-0.39, 0.29) is 24.9 Å². The summed E-state index contributed by atoms with van der Waals surface area (Å²) in [6, 6.07) is 8.34. The average molecular weight is 333 g/mol. The van der Waals surface area contributed by atoms with Crippen molar-refractivity contribution in [3.8, 4) is 0 Å². The van der Waals surface area contributed by atoms with E-state index >= 15 is 0 Å². The summed E-state index contributed by atoms with van der Waals surface area (Å²) in [7, 11) is 0. The molecule has 5 nitrogen and oxygen atoms in total. The number of carbonyl (C=O) groups is 2. The molecule has 2 rings (SSSR count). The minimum Gasteiger partial charge on any atom is -0.481 e. The molecule has 0 saturated carbocycles. The van der Waals surface area contributed by atoms with Gasteiger partial charge in [-0.15, -0.1) is 0 Å². The number of benzene rings is 1. The second-order valence-electron chi connectivity index (χ2n) is 7.13. The molecule has 1 saturated heterocycles. The van der Waals surface area contributed by atoms with Crippen molar-refractivity contribution in [2.45, 2.75) is 57.4 Å². The van der Waals surface area contributed by atoms with Crippen LogP contribution in [0.1, 0.15) is 63.0 Å². The van der Waals surface area contributed by atoms with Gasteiger partial charge in [0, 0.05) is 13.0 Å². The number of amides is 1. The molecule has 0 aliphatic carbocycles. The fourth-order valence-corrected chi connectivity index (χ4v) is 3.13. The van der Waals surface area contributed by atoms with Crippen molar-refractivity contribution in [3.63, 3.8) is 0 Å². The second kappa shape index (κ2) is 7.79. The fraction of sp³-hybridized carbons (Fsp3) is 0.579. The Morgan fingerprint density at radius 3 is 2.33 bits per heavy atom. The molecule has 5 heteroatoms. The maximum absolute atomic E-state index is 12.4. The van der Waals surface area contributed by atoms with E-state index in [1.165, 1.54) is 5.56 Å². The summed E-state index contributed by atoms with van der Waals surface area (Å²) < 4.78 is 5.31. The summed E-state index contributed by atoms with van der Waals surface area (Å²) in [6.07, 6.45) is 0.779. The highest BCUT2D eigenvalue weighted by Crippen LogP contribution is 2.25. The minimum absolute atomic E-state index is 0.0791. The Hall–Kier alpha value is -1.88. The summed E-state index contributed by atoms with van der Waals surface area (Å²) >= 11 is 0. The van der Waals surface area contributed by atoms with Crippen LogP contribution in [0.5, 0.6) is 0 Å². The Labute approximate surface area is 143 Å². The van der Waals surface area contributed by atoms with E-state index in [0.717, 1.165) is 5.56 Å². The fourth-order valence-electron chi connectivity index (χ4n) is 3.13. The Kier molecular flexibility index (Phi) is 5.99. The van der Waals surface area contributed by atoms with Crippen LogP contribution < -0.4 is 5.32 Å². The zero-order valence-electron chi connectivity index (χ0n) is 14.7. The van der Waals surface area contributed by atoms with E-state index in [4.69, 9.17) is 9.84 Å². The van der Waals surface area contributed by atoms with Crippen molar-refractivity contribution in [3.05, 3.63) is 35.4 Å². The lowest BCUT2D eigenvalue weighted by atomic mass is 9.91. The molecule has 1 aliphatic heterocycles. The molecule has 2 N–H and O–H groups in total. The molecule has 1 fully saturated rings. The predicted molar refractivity (Wildman–Crippen MR) is 92.1 cm³/mol. The van der Waals surface area contributed by atoms with Crippen molar-refractivity contribution in [1.82, 2.24) is 5.32 Å². The van der Waals surface area contributed by atoms with Crippen LogP contribution in [0.25, 0.3) is 0 Å². The molecule has 1 heterocycles. The monoisotopic (exact) mass is 333 g/mol. The Bertz CT molecular complexity index is 574. The molecule has 1 aliphatic rings. The first kappa shape index (κ1) is 18.5. The largest absolute Gasteiger partial charge is 0.481 e. The van der Waals surface area contributed by atoms with Crippen LogP contribution in [-0.2, 0) is 14.3 Å². The van der Waals surface area contributed by atoms with E-state index in [1.807, 2.05) is 6.92 Å². The quantitative estimate of drug-likeness (QED) is 0.804. The van der Waals surface area contributed by atoms with Gasteiger partial charge in [-0.25, -0.2) is 0 Å². The first-order valence-corrected chi connectivity index (χ1v) is 8.52. The second-order valence-corrected chi connectivity index (χ2v) is 7.13. The molecular weight excluding hydrogens is 306 g/mol. The standard InChI is InChI=1S/C19H27NO4/c1-13(2)15-4-6-16(7-5-15)14(3)10-17(21)20-19(11-18(22)23)8-9-24-12-19/h4-7,13-14H,8-12H2,1-3H3,(H,20,21)(H,22,23). The van der Waals surface area contributed by atoms with Crippen LogP contribution in [0.4, 0.5) is 0 Å². The van der Waals surface area contributed by atoms with E-state index in [2.05, 4.69) is 43.4 Å². The van der Waals surface area contributed by atoms with Gasteiger partial charge < -0.3 is 15.2 Å². The molecule has 1 aromatic carbocycles. The molecule has 0 aromatic heterocycles. The molecule has 2 atom stereocenters. The lowest BCUT2D eigenvalue weighted by molar-refractivity contribution is -0.139. The van der Waals surface area contributed by atoms with E-state index in [9.17, 15) is 9.59 Å². The highest BCUT2D eigenvalue weighted by Gasteiger charge is 2.38. The van der Waals surface area contributed by atoms with Crippen LogP contribution in [0, 0.1) is 0 Å². The molecular formula is C19H27NO4. The van der Waals surface area contributed by atoms with E-state index in [0.29, 0.717) is 25.4 Å². The number of carboxylic acids is 1. The zero-order chi connectivity index (χ0) is 17.7. The van der Waals surface area contributed by atoms with E-state index < -0.39 is 11.5 Å². The van der Waals surface area contributed by atoms with Gasteiger partial charge >= 0.3 is 5.97 Å². The van der Waals surface area contributed by atoms with Gasteiger partial charge in [-0.1, -0.05) is 45.0 Å². The molecule has 1 aromatic rings. The molecule has 1 amide bonds. The highest BCUT2D eigenvalue weighted by molar-refractivity contribution is 5.79. The smallest absolute Gasteiger partial charge is 0.305 e. The Morgan fingerprint density at radius 2 is 1.83 bits per heavy atom. The normalized spacial score (nSPS) is 21.7. The Balaban J connectivity index is 1.96. The molecule has 0 bridgehead atoms. The lowest BCUT2D eigenvalue weighted by Crippen LogP contribution is -2.50. The van der Waals surface area contributed by atoms with Gasteiger partial charge in [-0.05, 0) is 29.4 Å². The number of hydrogen-bond acceptors (Lipinski definition) is 3. The predicted octanol–water partition coefficient (Wildman–Crippen LogP) is 3.05. The molecule has 24 heavy (non-hydrogen) atoms. The lowest BCUT2D eigenvalue weighted by Gasteiger charge is -2.27. The van der Waals surface area contributed by atoms with Crippen molar-refractivity contribution >= 4 is 11.9 Å². The maximum atomic E-state index is 12.4. The summed E-state index contributed by atoms with van der Waals surface area (Å²) in [6.45, 7) is 7.07. The first-order chi connectivity index (χ1) is 11.3. The zero-order valence-corrected chi connectivity index (χ0v) is 14.7. The van der Waals surface area contributed by atoms with Gasteiger partial charge in [0.05, 0.1) is 18.6 Å². The first-order valence-electron chi connectivity index (χ1n) is 8.52. The average Bonchev–Trinajstić information content (AvgIpc) is 2.94. The molecule has 0 spiro atoms. The van der Waals surface area contributed by atoms with Crippen LogP contribution in [0.15, 0.2) is 24.3 Å². The van der Waals surface area contributed by atoms with Gasteiger partial charge in [0.25, 0.3) is 0 Å². The summed E-state index contributed by atoms with van der Waals surface area (Å²) in [5.41, 5.74) is 1.63. The van der Waals surface area contributed by atoms with Crippen molar-refractivity contribution in [2.75, 3.05) is 13.2 Å². The third-order valence-corrected chi connectivity index (χ3v) is 4.66. The summed E-state index contributed by atoms with van der Waals surface area (Å²) in [4.78, 5) is 23.5. The molecule has 2 unspecified atom stereocenters. The van der Waals surface area contributed by atoms with Gasteiger partial charge in [0.1, 0.15) is 0 Å². The number of ether oxygens (including phenoxy) is 1. The SMILES string of the molecule is CC(C)c1ccc(C(C)CC(=O)NC2(CC(=O)O)CCOC2)cc1. The van der Waals surface area contributed by atoms with Crippen LogP contribution >= 0.6 is 0 Å². The van der Waals surface area contributed by atoms with Gasteiger partial charge in [-0.3, -0.25) is 9.59 Å². The minimum atomic E-state index is -0.918. The number of carboxylic acid groups (broad SMARTS) is 1. The van der Waals surface area contributed by atoms with Gasteiger partial charge in [0.15, 0.2) is 0 Å². The number of carbonyl (C=O) groups excluding carboxylic acids is 1. The van der Waals surface area contributed by atoms with Gasteiger partial charge in [0.2, 0.25) is 5.91 Å². The van der Waals surface area contributed by atoms with Crippen LogP contribution in [-0.4, -0.2) is 35.7 Å². The third-order valence-electron chi connectivity index (χ3n) is 4.66. The van der Waals surface area contributed by atoms with Crippen molar-refractivity contribution < 1.29 is 19.4 Å². The summed E-state index contributed by atoms with van der Waals surface area (Å²) in [5.74, 6) is -0.480. The summed E-state index contributed by atoms with van der Waals surface area (Å²) in [5, 5.41) is 12.0.